The molecule has 9 heteroatoms. The zero-order valence-electron chi connectivity index (χ0n) is 21.8. The maximum Gasteiger partial charge on any atom is 0.349 e. The fraction of sp³-hybridized carbons (Fsp3) is 0.577. The predicted octanol–water partition coefficient (Wildman–Crippen LogP) is 4.58. The highest BCUT2D eigenvalue weighted by Gasteiger charge is 2.42. The third kappa shape index (κ3) is 5.89. The fourth-order valence-electron chi connectivity index (χ4n) is 4.17. The van der Waals surface area contributed by atoms with Crippen molar-refractivity contribution in [2.24, 2.45) is 0 Å². The van der Waals surface area contributed by atoms with Gasteiger partial charge in [-0.2, -0.15) is 5.10 Å². The standard InChI is InChI=1S/C26H39N5O4/c1-7-11-20-21-22(30-29-20)23(32)31(26(6,8-2)28-21)17-10-16-27-18-12-14-19(15-13-18)35-25(4,5)24(33)34-9-3/h12-15,27-28H,7-11,16-17H2,1-6H3,(H,29,30). The highest BCUT2D eigenvalue weighted by Crippen LogP contribution is 2.34. The van der Waals surface area contributed by atoms with Crippen molar-refractivity contribution in [1.29, 1.82) is 0 Å². The first-order chi connectivity index (χ1) is 16.6. The topological polar surface area (TPSA) is 109 Å². The van der Waals surface area contributed by atoms with Crippen molar-refractivity contribution in [2.45, 2.75) is 78.5 Å². The van der Waals surface area contributed by atoms with Gasteiger partial charge < -0.3 is 25.0 Å². The van der Waals surface area contributed by atoms with Crippen LogP contribution in [-0.4, -0.2) is 57.9 Å². The molecular weight excluding hydrogens is 446 g/mol. The van der Waals surface area contributed by atoms with Crippen LogP contribution in [0.5, 0.6) is 5.75 Å². The van der Waals surface area contributed by atoms with Crippen LogP contribution in [0, 0.1) is 0 Å². The largest absolute Gasteiger partial charge is 0.476 e. The number of aromatic nitrogens is 2. The summed E-state index contributed by atoms with van der Waals surface area (Å²) in [5.74, 6) is 0.161. The first-order valence-corrected chi connectivity index (χ1v) is 12.5. The van der Waals surface area contributed by atoms with E-state index in [9.17, 15) is 9.59 Å². The molecule has 9 nitrogen and oxygen atoms in total. The molecule has 0 saturated carbocycles. The molecule has 1 aliphatic heterocycles. The molecule has 35 heavy (non-hydrogen) atoms. The Kier molecular flexibility index (Phi) is 8.30. The van der Waals surface area contributed by atoms with Gasteiger partial charge in [0, 0.05) is 18.8 Å². The van der Waals surface area contributed by atoms with E-state index in [2.05, 4.69) is 41.6 Å². The molecule has 0 radical (unpaired) electrons. The van der Waals surface area contributed by atoms with Crippen LogP contribution < -0.4 is 15.4 Å². The number of anilines is 2. The van der Waals surface area contributed by atoms with Crippen LogP contribution in [0.3, 0.4) is 0 Å². The maximum atomic E-state index is 13.2. The number of ether oxygens (including phenoxy) is 2. The average molecular weight is 486 g/mol. The Hall–Kier alpha value is -3.23. The van der Waals surface area contributed by atoms with Crippen molar-refractivity contribution in [3.63, 3.8) is 0 Å². The summed E-state index contributed by atoms with van der Waals surface area (Å²) in [6.45, 7) is 13.0. The summed E-state index contributed by atoms with van der Waals surface area (Å²) < 4.78 is 10.9. The second-order valence-electron chi connectivity index (χ2n) is 9.52. The van der Waals surface area contributed by atoms with E-state index in [4.69, 9.17) is 9.47 Å². The van der Waals surface area contributed by atoms with Gasteiger partial charge >= 0.3 is 5.97 Å². The summed E-state index contributed by atoms with van der Waals surface area (Å²) in [7, 11) is 0. The molecule has 0 aliphatic carbocycles. The summed E-state index contributed by atoms with van der Waals surface area (Å²) >= 11 is 0. The minimum atomic E-state index is -1.06. The number of esters is 1. The molecule has 2 heterocycles. The molecule has 0 fully saturated rings. The van der Waals surface area contributed by atoms with Crippen LogP contribution in [-0.2, 0) is 16.0 Å². The molecule has 3 N–H and O–H groups in total. The van der Waals surface area contributed by atoms with Gasteiger partial charge in [-0.1, -0.05) is 20.3 Å². The van der Waals surface area contributed by atoms with E-state index in [-0.39, 0.29) is 5.91 Å². The third-order valence-electron chi connectivity index (χ3n) is 6.35. The molecule has 0 bridgehead atoms. The Morgan fingerprint density at radius 1 is 1.20 bits per heavy atom. The number of hydrogen-bond donors (Lipinski definition) is 3. The minimum absolute atomic E-state index is 0.0348. The molecule has 0 spiro atoms. The lowest BCUT2D eigenvalue weighted by molar-refractivity contribution is -0.158. The first-order valence-electron chi connectivity index (χ1n) is 12.5. The normalized spacial score (nSPS) is 17.5. The van der Waals surface area contributed by atoms with Gasteiger partial charge in [-0.3, -0.25) is 9.89 Å². The monoisotopic (exact) mass is 485 g/mol. The lowest BCUT2D eigenvalue weighted by Gasteiger charge is -2.45. The fourth-order valence-corrected chi connectivity index (χ4v) is 4.17. The summed E-state index contributed by atoms with van der Waals surface area (Å²) in [6.07, 6.45) is 3.40. The zero-order chi connectivity index (χ0) is 25.6. The number of benzene rings is 1. The highest BCUT2D eigenvalue weighted by atomic mass is 16.6. The second-order valence-corrected chi connectivity index (χ2v) is 9.52. The van der Waals surface area contributed by atoms with Gasteiger partial charge in [0.1, 0.15) is 11.4 Å². The molecule has 1 aromatic carbocycles. The lowest BCUT2D eigenvalue weighted by atomic mass is 10.00. The molecule has 1 unspecified atom stereocenters. The number of fused-ring (bicyclic) bond motifs is 1. The Morgan fingerprint density at radius 2 is 1.91 bits per heavy atom. The highest BCUT2D eigenvalue weighted by molar-refractivity contribution is 6.00. The quantitative estimate of drug-likeness (QED) is 0.298. The minimum Gasteiger partial charge on any atom is -0.476 e. The van der Waals surface area contributed by atoms with Crippen LogP contribution in [0.2, 0.25) is 0 Å². The van der Waals surface area contributed by atoms with E-state index in [1.807, 2.05) is 29.2 Å². The molecule has 1 aliphatic rings. The van der Waals surface area contributed by atoms with Crippen LogP contribution in [0.4, 0.5) is 11.4 Å². The molecule has 1 atom stereocenters. The lowest BCUT2D eigenvalue weighted by Crippen LogP contribution is -2.58. The molecular formula is C26H39N5O4. The van der Waals surface area contributed by atoms with Crippen LogP contribution in [0.15, 0.2) is 24.3 Å². The summed E-state index contributed by atoms with van der Waals surface area (Å²) in [5, 5.41) is 14.3. The van der Waals surface area contributed by atoms with Crippen LogP contribution in [0.1, 0.15) is 77.0 Å². The Balaban J connectivity index is 1.55. The van der Waals surface area contributed by atoms with Crippen molar-refractivity contribution < 1.29 is 19.1 Å². The van der Waals surface area contributed by atoms with Crippen molar-refractivity contribution in [1.82, 2.24) is 15.1 Å². The van der Waals surface area contributed by atoms with Crippen LogP contribution in [0.25, 0.3) is 0 Å². The maximum absolute atomic E-state index is 13.2. The van der Waals surface area contributed by atoms with Crippen molar-refractivity contribution in [3.05, 3.63) is 35.7 Å². The summed E-state index contributed by atoms with van der Waals surface area (Å²) in [5.41, 5.74) is 1.75. The van der Waals surface area contributed by atoms with E-state index >= 15 is 0 Å². The Bertz CT molecular complexity index is 1020. The Labute approximate surface area is 207 Å². The van der Waals surface area contributed by atoms with Crippen molar-refractivity contribution in [2.75, 3.05) is 30.3 Å². The summed E-state index contributed by atoms with van der Waals surface area (Å²) in [6, 6.07) is 7.46. The van der Waals surface area contributed by atoms with E-state index < -0.39 is 17.2 Å². The number of aryl methyl sites for hydroxylation is 1. The number of nitrogens with one attached hydrogen (secondary N) is 3. The number of hydrogen-bond acceptors (Lipinski definition) is 7. The number of carbonyl (C=O) groups excluding carboxylic acids is 2. The van der Waals surface area contributed by atoms with Crippen molar-refractivity contribution in [3.8, 4) is 5.75 Å². The molecule has 192 valence electrons. The second kappa shape index (κ2) is 11.0. The number of H-pyrrole nitrogens is 1. The van der Waals surface area contributed by atoms with Gasteiger partial charge in [-0.25, -0.2) is 4.79 Å². The number of aromatic amines is 1. The first kappa shape index (κ1) is 26.4. The van der Waals surface area contributed by atoms with E-state index in [0.717, 1.165) is 42.8 Å². The SMILES string of the molecule is CCCc1[nH]nc2c1NC(C)(CC)N(CCCNc1ccc(OC(C)(C)C(=O)OCC)cc1)C2=O. The molecule has 0 saturated heterocycles. The predicted molar refractivity (Wildman–Crippen MR) is 137 cm³/mol. The average Bonchev–Trinajstić information content (AvgIpc) is 3.22. The van der Waals surface area contributed by atoms with E-state index in [1.165, 1.54) is 0 Å². The van der Waals surface area contributed by atoms with Gasteiger partial charge in [-0.05, 0) is 71.2 Å². The van der Waals surface area contributed by atoms with Gasteiger partial charge in [-0.15, -0.1) is 0 Å². The molecule has 1 amide bonds. The molecule has 1 aromatic heterocycles. The van der Waals surface area contributed by atoms with E-state index in [1.54, 1.807) is 20.8 Å². The van der Waals surface area contributed by atoms with E-state index in [0.29, 0.717) is 31.1 Å². The van der Waals surface area contributed by atoms with Gasteiger partial charge in [0.15, 0.2) is 11.3 Å². The summed E-state index contributed by atoms with van der Waals surface area (Å²) in [4.78, 5) is 27.2. The molecule has 3 rings (SSSR count). The van der Waals surface area contributed by atoms with Crippen LogP contribution >= 0.6 is 0 Å². The zero-order valence-corrected chi connectivity index (χ0v) is 21.8. The third-order valence-corrected chi connectivity index (χ3v) is 6.35. The Morgan fingerprint density at radius 3 is 2.54 bits per heavy atom. The van der Waals surface area contributed by atoms with Crippen molar-refractivity contribution >= 4 is 23.3 Å². The number of amides is 1. The van der Waals surface area contributed by atoms with Gasteiger partial charge in [0.25, 0.3) is 5.91 Å². The number of carbonyl (C=O) groups is 2. The van der Waals surface area contributed by atoms with Gasteiger partial charge in [0.2, 0.25) is 0 Å². The smallest absolute Gasteiger partial charge is 0.349 e. The molecule has 2 aromatic rings. The van der Waals surface area contributed by atoms with Gasteiger partial charge in [0.05, 0.1) is 18.0 Å². The number of rotatable bonds is 12. The number of nitrogens with zero attached hydrogens (tertiary/aromatic N) is 2.